The van der Waals surface area contributed by atoms with Gasteiger partial charge < -0.3 is 13.3 Å². The standard InChI is InChI=1S/C26H54O4SSi/c1-5-6-7-8-9-10-11-12-13-14-15-16-17-18-20-23-26(27)31-24-21-19-22-25-32(28-2,29-3)30-4/h5-25H2,1-4H3. The molecule has 0 atom stereocenters. The average molecular weight is 491 g/mol. The minimum Gasteiger partial charge on any atom is -0.377 e. The van der Waals surface area contributed by atoms with E-state index in [0.717, 1.165) is 43.9 Å². The molecule has 0 saturated carbocycles. The number of carbonyl (C=O) groups is 1. The lowest BCUT2D eigenvalue weighted by molar-refractivity contribution is -0.111. The van der Waals surface area contributed by atoms with E-state index in [0.29, 0.717) is 5.12 Å². The zero-order valence-corrected chi connectivity index (χ0v) is 23.7. The number of rotatable bonds is 25. The highest BCUT2D eigenvalue weighted by Crippen LogP contribution is 2.19. The smallest absolute Gasteiger partial charge is 0.377 e. The molecule has 0 amide bonds. The van der Waals surface area contributed by atoms with Crippen molar-refractivity contribution in [1.29, 1.82) is 0 Å². The van der Waals surface area contributed by atoms with Crippen LogP contribution in [0.5, 0.6) is 0 Å². The van der Waals surface area contributed by atoms with Crippen molar-refractivity contribution >= 4 is 25.7 Å². The van der Waals surface area contributed by atoms with Gasteiger partial charge in [0.2, 0.25) is 0 Å². The third-order valence-electron chi connectivity index (χ3n) is 6.31. The van der Waals surface area contributed by atoms with Crippen molar-refractivity contribution in [3.05, 3.63) is 0 Å². The van der Waals surface area contributed by atoms with Gasteiger partial charge in [0.25, 0.3) is 0 Å². The molecule has 0 heterocycles. The Hall–Kier alpha value is 0.117. The van der Waals surface area contributed by atoms with E-state index < -0.39 is 8.80 Å². The molecular formula is C26H54O4SSi. The summed E-state index contributed by atoms with van der Waals surface area (Å²) in [5.74, 6) is 0.930. The van der Waals surface area contributed by atoms with E-state index in [1.807, 2.05) is 0 Å². The Bertz CT molecular complexity index is 397. The van der Waals surface area contributed by atoms with Crippen molar-refractivity contribution < 1.29 is 18.1 Å². The zero-order valence-electron chi connectivity index (χ0n) is 21.9. The first-order chi connectivity index (χ1) is 15.6. The van der Waals surface area contributed by atoms with Crippen LogP contribution in [0.3, 0.4) is 0 Å². The van der Waals surface area contributed by atoms with Gasteiger partial charge in [-0.3, -0.25) is 4.79 Å². The molecule has 4 nitrogen and oxygen atoms in total. The van der Waals surface area contributed by atoms with Gasteiger partial charge in [-0.05, 0) is 19.3 Å². The highest BCUT2D eigenvalue weighted by atomic mass is 32.2. The Labute approximate surface area is 205 Å². The first kappa shape index (κ1) is 32.1. The van der Waals surface area contributed by atoms with Crippen LogP contribution in [-0.4, -0.2) is 41.0 Å². The van der Waals surface area contributed by atoms with Crippen molar-refractivity contribution in [3.8, 4) is 0 Å². The summed E-state index contributed by atoms with van der Waals surface area (Å²) in [6.45, 7) is 2.28. The summed E-state index contributed by atoms with van der Waals surface area (Å²) in [7, 11) is 2.55. The molecule has 0 aliphatic carbocycles. The second-order valence-electron chi connectivity index (χ2n) is 9.03. The topological polar surface area (TPSA) is 44.8 Å². The van der Waals surface area contributed by atoms with Crippen molar-refractivity contribution in [2.24, 2.45) is 0 Å². The predicted octanol–water partition coefficient (Wildman–Crippen LogP) is 8.56. The summed E-state index contributed by atoms with van der Waals surface area (Å²) < 4.78 is 16.3. The lowest BCUT2D eigenvalue weighted by Crippen LogP contribution is -2.42. The second kappa shape index (κ2) is 24.2. The molecule has 0 rings (SSSR count). The predicted molar refractivity (Wildman–Crippen MR) is 142 cm³/mol. The second-order valence-corrected chi connectivity index (χ2v) is 13.3. The molecule has 0 radical (unpaired) electrons. The molecule has 0 aromatic rings. The molecule has 0 N–H and O–H groups in total. The molecule has 0 unspecified atom stereocenters. The number of unbranched alkanes of at least 4 members (excludes halogenated alkanes) is 16. The van der Waals surface area contributed by atoms with Gasteiger partial charge in [-0.1, -0.05) is 115 Å². The van der Waals surface area contributed by atoms with E-state index in [4.69, 9.17) is 13.3 Å². The molecule has 0 spiro atoms. The molecule has 0 aliphatic heterocycles. The fourth-order valence-electron chi connectivity index (χ4n) is 4.08. The van der Waals surface area contributed by atoms with Crippen molar-refractivity contribution in [2.45, 2.75) is 135 Å². The van der Waals surface area contributed by atoms with E-state index in [1.165, 1.54) is 102 Å². The summed E-state index contributed by atoms with van der Waals surface area (Å²) in [4.78, 5) is 12.0. The fourth-order valence-corrected chi connectivity index (χ4v) is 6.74. The average Bonchev–Trinajstić information content (AvgIpc) is 2.81. The molecule has 0 aromatic carbocycles. The van der Waals surface area contributed by atoms with Crippen LogP contribution < -0.4 is 0 Å². The minimum absolute atomic E-state index is 0.370. The number of carbonyl (C=O) groups excluding carboxylic acids is 1. The fraction of sp³-hybridized carbons (Fsp3) is 0.962. The Morgan fingerprint density at radius 1 is 0.594 bits per heavy atom. The van der Waals surface area contributed by atoms with Gasteiger partial charge in [-0.25, -0.2) is 0 Å². The monoisotopic (exact) mass is 490 g/mol. The van der Waals surface area contributed by atoms with Crippen LogP contribution in [-0.2, 0) is 18.1 Å². The van der Waals surface area contributed by atoms with Crippen molar-refractivity contribution in [3.63, 3.8) is 0 Å². The van der Waals surface area contributed by atoms with Gasteiger partial charge in [0, 0.05) is 39.5 Å². The molecule has 0 aliphatic rings. The van der Waals surface area contributed by atoms with Gasteiger partial charge >= 0.3 is 8.80 Å². The van der Waals surface area contributed by atoms with E-state index >= 15 is 0 Å². The molecule has 32 heavy (non-hydrogen) atoms. The van der Waals surface area contributed by atoms with Gasteiger partial charge in [0.1, 0.15) is 0 Å². The Kier molecular flexibility index (Phi) is 24.3. The molecule has 192 valence electrons. The van der Waals surface area contributed by atoms with Gasteiger partial charge in [-0.15, -0.1) is 0 Å². The SMILES string of the molecule is CCCCCCCCCCCCCCCCCC(=O)SCCCCC[Si](OC)(OC)OC. The summed E-state index contributed by atoms with van der Waals surface area (Å²) >= 11 is 1.52. The highest BCUT2D eigenvalue weighted by molar-refractivity contribution is 8.13. The van der Waals surface area contributed by atoms with E-state index in [1.54, 1.807) is 21.3 Å². The molecule has 0 bridgehead atoms. The van der Waals surface area contributed by atoms with Crippen LogP contribution in [0.4, 0.5) is 0 Å². The number of thioether (sulfide) groups is 1. The van der Waals surface area contributed by atoms with Crippen LogP contribution in [0.1, 0.15) is 129 Å². The third kappa shape index (κ3) is 19.6. The number of hydrogen-bond acceptors (Lipinski definition) is 5. The first-order valence-electron chi connectivity index (χ1n) is 13.4. The van der Waals surface area contributed by atoms with Crippen LogP contribution in [0.2, 0.25) is 6.04 Å². The Morgan fingerprint density at radius 3 is 1.44 bits per heavy atom. The van der Waals surface area contributed by atoms with E-state index in [-0.39, 0.29) is 0 Å². The minimum atomic E-state index is -2.42. The highest BCUT2D eigenvalue weighted by Gasteiger charge is 2.36. The normalized spacial score (nSPS) is 11.9. The largest absolute Gasteiger partial charge is 0.500 e. The summed E-state index contributed by atoms with van der Waals surface area (Å²) in [6, 6.07) is 0.842. The maximum absolute atomic E-state index is 12.0. The molecule has 0 fully saturated rings. The lowest BCUT2D eigenvalue weighted by Gasteiger charge is -2.24. The van der Waals surface area contributed by atoms with Gasteiger partial charge in [0.05, 0.1) is 0 Å². The zero-order chi connectivity index (χ0) is 23.8. The molecule has 0 saturated heterocycles. The molecule has 6 heteroatoms. The summed E-state index contributed by atoms with van der Waals surface area (Å²) in [6.07, 6.45) is 24.4. The maximum Gasteiger partial charge on any atom is 0.500 e. The Morgan fingerprint density at radius 2 is 1.00 bits per heavy atom. The summed E-state index contributed by atoms with van der Waals surface area (Å²) in [5.41, 5.74) is 0. The van der Waals surface area contributed by atoms with E-state index in [2.05, 4.69) is 6.92 Å². The van der Waals surface area contributed by atoms with E-state index in [9.17, 15) is 4.79 Å². The van der Waals surface area contributed by atoms with Crippen molar-refractivity contribution in [2.75, 3.05) is 27.1 Å². The van der Waals surface area contributed by atoms with Crippen LogP contribution in [0.25, 0.3) is 0 Å². The quantitative estimate of drug-likeness (QED) is 0.0947. The summed E-state index contributed by atoms with van der Waals surface area (Å²) in [5, 5.41) is 0.370. The molecule has 0 aromatic heterocycles. The maximum atomic E-state index is 12.0. The first-order valence-corrected chi connectivity index (χ1v) is 16.4. The van der Waals surface area contributed by atoms with Gasteiger partial charge in [-0.2, -0.15) is 0 Å². The third-order valence-corrected chi connectivity index (χ3v) is 10.2. The molecular weight excluding hydrogens is 436 g/mol. The van der Waals surface area contributed by atoms with Crippen LogP contribution in [0.15, 0.2) is 0 Å². The Balaban J connectivity index is 3.32. The van der Waals surface area contributed by atoms with Crippen LogP contribution >= 0.6 is 11.8 Å². The van der Waals surface area contributed by atoms with Crippen LogP contribution in [0, 0.1) is 0 Å². The van der Waals surface area contributed by atoms with Crippen molar-refractivity contribution in [1.82, 2.24) is 0 Å². The van der Waals surface area contributed by atoms with Gasteiger partial charge in [0.15, 0.2) is 5.12 Å². The lowest BCUT2D eigenvalue weighted by atomic mass is 10.0. The number of hydrogen-bond donors (Lipinski definition) is 0.